The summed E-state index contributed by atoms with van der Waals surface area (Å²) in [5, 5.41) is 5.88. The largest absolute Gasteiger partial charge is 0.324 e. The van der Waals surface area contributed by atoms with Gasteiger partial charge in [0, 0.05) is 33.5 Å². The van der Waals surface area contributed by atoms with E-state index in [2.05, 4.69) is 16.9 Å². The summed E-state index contributed by atoms with van der Waals surface area (Å²) in [6.45, 7) is 7.68. The number of anilines is 1. The minimum Gasteiger partial charge on any atom is -0.324 e. The van der Waals surface area contributed by atoms with Gasteiger partial charge in [0.05, 0.1) is 10.7 Å². The Labute approximate surface area is 167 Å². The fourth-order valence-electron chi connectivity index (χ4n) is 3.33. The lowest BCUT2D eigenvalue weighted by atomic mass is 10.1. The summed E-state index contributed by atoms with van der Waals surface area (Å²) in [6, 6.07) is 14.1. The molecule has 0 fully saturated rings. The van der Waals surface area contributed by atoms with Crippen molar-refractivity contribution in [2.24, 2.45) is 0 Å². The first-order valence-electron chi connectivity index (χ1n) is 8.91. The molecule has 5 nitrogen and oxygen atoms in total. The fourth-order valence-corrected chi connectivity index (χ4v) is 3.95. The number of carbonyl (C=O) groups is 2. The summed E-state index contributed by atoms with van der Waals surface area (Å²) in [5.74, 6) is -0.469. The van der Waals surface area contributed by atoms with Crippen LogP contribution in [-0.2, 0) is 4.79 Å². The van der Waals surface area contributed by atoms with Gasteiger partial charge in [-0.25, -0.2) is 4.98 Å². The quantitative estimate of drug-likeness (QED) is 0.711. The van der Waals surface area contributed by atoms with Gasteiger partial charge in [-0.3, -0.25) is 14.5 Å². The van der Waals surface area contributed by atoms with Crippen molar-refractivity contribution in [3.8, 4) is 11.3 Å². The molecule has 6 heteroatoms. The van der Waals surface area contributed by atoms with E-state index >= 15 is 0 Å². The van der Waals surface area contributed by atoms with Gasteiger partial charge < -0.3 is 5.32 Å². The topological polar surface area (TPSA) is 62.3 Å². The molecule has 3 aromatic rings. The van der Waals surface area contributed by atoms with Crippen molar-refractivity contribution in [1.82, 2.24) is 9.88 Å². The van der Waals surface area contributed by atoms with Crippen LogP contribution in [0.2, 0.25) is 0 Å². The van der Waals surface area contributed by atoms with Crippen LogP contribution in [0.4, 0.5) is 5.69 Å². The van der Waals surface area contributed by atoms with E-state index in [1.165, 1.54) is 4.90 Å². The van der Waals surface area contributed by atoms with Crippen molar-refractivity contribution in [3.05, 3.63) is 76.6 Å². The van der Waals surface area contributed by atoms with Crippen LogP contribution in [0.15, 0.2) is 60.5 Å². The van der Waals surface area contributed by atoms with Gasteiger partial charge in [-0.1, -0.05) is 36.9 Å². The Morgan fingerprint density at radius 2 is 1.93 bits per heavy atom. The van der Waals surface area contributed by atoms with Crippen LogP contribution in [0.25, 0.3) is 17.0 Å². The van der Waals surface area contributed by atoms with E-state index < -0.39 is 6.04 Å². The zero-order chi connectivity index (χ0) is 19.8. The fraction of sp³-hybridized carbons (Fsp3) is 0.136. The SMILES string of the molecule is C=C1c2ccccc2C(=O)N1C(C)C(=O)Nc1cccc(-c2csc(C)n2)c1. The van der Waals surface area contributed by atoms with E-state index in [-0.39, 0.29) is 11.8 Å². The molecule has 1 atom stereocenters. The highest BCUT2D eigenvalue weighted by molar-refractivity contribution is 7.09. The highest BCUT2D eigenvalue weighted by Gasteiger charge is 2.36. The second-order valence-electron chi connectivity index (χ2n) is 6.67. The molecule has 0 saturated heterocycles. The molecule has 0 aliphatic carbocycles. The molecular weight excluding hydrogens is 370 g/mol. The smallest absolute Gasteiger partial charge is 0.259 e. The van der Waals surface area contributed by atoms with Crippen molar-refractivity contribution in [1.29, 1.82) is 0 Å². The molecule has 0 saturated carbocycles. The Morgan fingerprint density at radius 1 is 1.18 bits per heavy atom. The van der Waals surface area contributed by atoms with E-state index in [9.17, 15) is 9.59 Å². The number of fused-ring (bicyclic) bond motifs is 1. The summed E-state index contributed by atoms with van der Waals surface area (Å²) in [5.41, 5.74) is 4.37. The molecule has 1 aliphatic heterocycles. The molecule has 1 aromatic heterocycles. The number of rotatable bonds is 4. The first kappa shape index (κ1) is 18.1. The van der Waals surface area contributed by atoms with Gasteiger partial charge in [-0.05, 0) is 32.0 Å². The van der Waals surface area contributed by atoms with Gasteiger partial charge in [-0.15, -0.1) is 11.3 Å². The molecule has 1 N–H and O–H groups in total. The number of thiazole rings is 1. The van der Waals surface area contributed by atoms with Crippen LogP contribution >= 0.6 is 11.3 Å². The number of hydrogen-bond acceptors (Lipinski definition) is 4. The second-order valence-corrected chi connectivity index (χ2v) is 7.73. The van der Waals surface area contributed by atoms with Gasteiger partial charge in [0.1, 0.15) is 6.04 Å². The van der Waals surface area contributed by atoms with Gasteiger partial charge in [0.15, 0.2) is 0 Å². The average molecular weight is 389 g/mol. The zero-order valence-electron chi connectivity index (χ0n) is 15.6. The van der Waals surface area contributed by atoms with E-state index in [4.69, 9.17) is 0 Å². The Morgan fingerprint density at radius 3 is 2.61 bits per heavy atom. The third kappa shape index (κ3) is 3.12. The second kappa shape index (κ2) is 7.05. The van der Waals surface area contributed by atoms with Crippen LogP contribution in [-0.4, -0.2) is 27.7 Å². The predicted octanol–water partition coefficient (Wildman–Crippen LogP) is 4.57. The molecule has 0 bridgehead atoms. The number of benzene rings is 2. The summed E-state index contributed by atoms with van der Waals surface area (Å²) in [4.78, 5) is 31.5. The van der Waals surface area contributed by atoms with Gasteiger partial charge in [-0.2, -0.15) is 0 Å². The van der Waals surface area contributed by atoms with Crippen LogP contribution in [0.1, 0.15) is 27.9 Å². The number of aryl methyl sites for hydroxylation is 1. The number of aromatic nitrogens is 1. The first-order valence-corrected chi connectivity index (χ1v) is 9.79. The Bertz CT molecular complexity index is 1070. The maximum atomic E-state index is 12.8. The average Bonchev–Trinajstić information content (AvgIpc) is 3.24. The monoisotopic (exact) mass is 389 g/mol. The summed E-state index contributed by atoms with van der Waals surface area (Å²) < 4.78 is 0. The molecule has 0 spiro atoms. The van der Waals surface area contributed by atoms with Crippen LogP contribution in [0.3, 0.4) is 0 Å². The molecule has 2 heterocycles. The van der Waals surface area contributed by atoms with E-state index in [0.717, 1.165) is 21.8 Å². The highest BCUT2D eigenvalue weighted by Crippen LogP contribution is 2.33. The highest BCUT2D eigenvalue weighted by atomic mass is 32.1. The maximum absolute atomic E-state index is 12.8. The molecule has 2 amide bonds. The zero-order valence-corrected chi connectivity index (χ0v) is 16.4. The number of carbonyl (C=O) groups excluding carboxylic acids is 2. The number of nitrogens with zero attached hydrogens (tertiary/aromatic N) is 2. The molecule has 1 aliphatic rings. The van der Waals surface area contributed by atoms with Gasteiger partial charge in [0.25, 0.3) is 5.91 Å². The Hall–Kier alpha value is -3.25. The van der Waals surface area contributed by atoms with Crippen LogP contribution in [0, 0.1) is 6.92 Å². The van der Waals surface area contributed by atoms with Gasteiger partial charge >= 0.3 is 0 Å². The van der Waals surface area contributed by atoms with Crippen LogP contribution in [0.5, 0.6) is 0 Å². The summed E-state index contributed by atoms with van der Waals surface area (Å²) >= 11 is 1.58. The van der Waals surface area contributed by atoms with E-state index in [0.29, 0.717) is 16.9 Å². The van der Waals surface area contributed by atoms with Crippen molar-refractivity contribution >= 4 is 34.5 Å². The molecule has 28 heavy (non-hydrogen) atoms. The third-order valence-electron chi connectivity index (χ3n) is 4.79. The number of amides is 2. The molecule has 2 aromatic carbocycles. The summed E-state index contributed by atoms with van der Waals surface area (Å²) in [6.07, 6.45) is 0. The lowest BCUT2D eigenvalue weighted by Gasteiger charge is -2.24. The lowest BCUT2D eigenvalue weighted by molar-refractivity contribution is -0.119. The third-order valence-corrected chi connectivity index (χ3v) is 5.56. The minimum atomic E-state index is -0.683. The van der Waals surface area contributed by atoms with E-state index in [1.54, 1.807) is 24.3 Å². The van der Waals surface area contributed by atoms with Crippen molar-refractivity contribution in [2.75, 3.05) is 5.32 Å². The van der Waals surface area contributed by atoms with Gasteiger partial charge in [0.2, 0.25) is 5.91 Å². The molecule has 0 radical (unpaired) electrons. The Kier molecular flexibility index (Phi) is 4.57. The predicted molar refractivity (Wildman–Crippen MR) is 112 cm³/mol. The minimum absolute atomic E-state index is 0.199. The Balaban J connectivity index is 1.53. The maximum Gasteiger partial charge on any atom is 0.259 e. The number of nitrogens with one attached hydrogen (secondary N) is 1. The van der Waals surface area contributed by atoms with Crippen molar-refractivity contribution < 1.29 is 9.59 Å². The lowest BCUT2D eigenvalue weighted by Crippen LogP contribution is -2.41. The molecule has 4 rings (SSSR count). The van der Waals surface area contributed by atoms with Crippen molar-refractivity contribution in [3.63, 3.8) is 0 Å². The first-order chi connectivity index (χ1) is 13.5. The van der Waals surface area contributed by atoms with E-state index in [1.807, 2.05) is 54.8 Å². The summed E-state index contributed by atoms with van der Waals surface area (Å²) in [7, 11) is 0. The molecule has 1 unspecified atom stereocenters. The standard InChI is InChI=1S/C22H19N3O2S/c1-13-18-9-4-5-10-19(18)22(27)25(13)14(2)21(26)24-17-8-6-7-16(11-17)20-12-28-15(3)23-20/h4-12,14H,1H2,2-3H3,(H,24,26). The molecular formula is C22H19N3O2S. The van der Waals surface area contributed by atoms with Crippen molar-refractivity contribution in [2.45, 2.75) is 19.9 Å². The van der Waals surface area contributed by atoms with Crippen LogP contribution < -0.4 is 5.32 Å². The normalized spacial score (nSPS) is 14.1. The number of hydrogen-bond donors (Lipinski definition) is 1. The molecule has 140 valence electrons.